The van der Waals surface area contributed by atoms with Crippen LogP contribution in [0.2, 0.25) is 0 Å². The molecule has 2 aromatic carbocycles. The van der Waals surface area contributed by atoms with E-state index in [1.54, 1.807) is 0 Å². The number of carbonyl (C=O) groups is 2. The summed E-state index contributed by atoms with van der Waals surface area (Å²) in [7, 11) is 0. The van der Waals surface area contributed by atoms with E-state index >= 15 is 0 Å². The van der Waals surface area contributed by atoms with Gasteiger partial charge in [-0.05, 0) is 39.5 Å². The van der Waals surface area contributed by atoms with Gasteiger partial charge < -0.3 is 10.2 Å². The molecule has 2 amide bonds. The van der Waals surface area contributed by atoms with Gasteiger partial charge in [0.1, 0.15) is 0 Å². The van der Waals surface area contributed by atoms with Crippen molar-refractivity contribution < 1.29 is 9.59 Å². The van der Waals surface area contributed by atoms with Gasteiger partial charge in [0.15, 0.2) is 5.82 Å². The molecule has 0 bridgehead atoms. The first-order valence-electron chi connectivity index (χ1n) is 12.6. The molecule has 1 heterocycles. The van der Waals surface area contributed by atoms with Gasteiger partial charge in [-0.1, -0.05) is 82.1 Å². The molecule has 3 aromatic rings. The van der Waals surface area contributed by atoms with Crippen molar-refractivity contribution in [1.82, 2.24) is 30.8 Å². The maximum Gasteiger partial charge on any atom is 0.233 e. The molecule has 0 saturated heterocycles. The van der Waals surface area contributed by atoms with Gasteiger partial charge in [-0.2, -0.15) is 12.6 Å². The highest BCUT2D eigenvalue weighted by molar-refractivity contribution is 7.81. The Hall–Kier alpha value is -3.20. The summed E-state index contributed by atoms with van der Waals surface area (Å²) in [6.07, 6.45) is 3.20. The maximum atomic E-state index is 12.9. The lowest BCUT2D eigenvalue weighted by atomic mass is 9.98. The molecular weight excluding hydrogens is 472 g/mol. The smallest absolute Gasteiger partial charge is 0.233 e. The van der Waals surface area contributed by atoms with Crippen molar-refractivity contribution in [3.8, 4) is 22.5 Å². The molecule has 36 heavy (non-hydrogen) atoms. The summed E-state index contributed by atoms with van der Waals surface area (Å²) < 4.78 is 0. The van der Waals surface area contributed by atoms with Crippen molar-refractivity contribution in [3.05, 3.63) is 54.1 Å². The Bertz CT molecular complexity index is 1100. The average Bonchev–Trinajstić information content (AvgIpc) is 3.45. The van der Waals surface area contributed by atoms with Crippen LogP contribution in [0, 0.1) is 5.92 Å². The number of thiol groups is 1. The number of hydrogen-bond donors (Lipinski definition) is 3. The van der Waals surface area contributed by atoms with Crippen molar-refractivity contribution in [1.29, 1.82) is 0 Å². The van der Waals surface area contributed by atoms with Crippen molar-refractivity contribution >= 4 is 24.4 Å². The first kappa shape index (κ1) is 27.4. The highest BCUT2D eigenvalue weighted by atomic mass is 32.1. The lowest BCUT2D eigenvalue weighted by Gasteiger charge is -2.24. The normalized spacial score (nSPS) is 12.7. The topological polar surface area (TPSA) is 104 Å². The van der Waals surface area contributed by atoms with E-state index < -0.39 is 0 Å². The Morgan fingerprint density at radius 3 is 2.44 bits per heavy atom. The molecule has 2 unspecified atom stereocenters. The van der Waals surface area contributed by atoms with E-state index in [0.29, 0.717) is 31.9 Å². The Balaban J connectivity index is 1.69. The molecule has 9 heteroatoms. The molecular formula is C27H36N6O2S. The minimum Gasteiger partial charge on any atom is -0.353 e. The summed E-state index contributed by atoms with van der Waals surface area (Å²) in [5, 5.41) is 16.8. The van der Waals surface area contributed by atoms with Gasteiger partial charge in [-0.3, -0.25) is 9.59 Å². The predicted molar refractivity (Wildman–Crippen MR) is 145 cm³/mol. The Morgan fingerprint density at radius 1 is 1.08 bits per heavy atom. The average molecular weight is 509 g/mol. The lowest BCUT2D eigenvalue weighted by molar-refractivity contribution is -0.132. The van der Waals surface area contributed by atoms with Crippen LogP contribution in [-0.2, 0) is 16.1 Å². The third-order valence-corrected chi connectivity index (χ3v) is 7.14. The molecule has 0 saturated carbocycles. The molecule has 0 aliphatic heterocycles. The number of H-pyrrole nitrogens is 1. The first-order valence-corrected chi connectivity index (χ1v) is 13.1. The first-order chi connectivity index (χ1) is 17.4. The standard InChI is InChI=1S/C27H36N6O2S/c1-4-6-11-24(34)33(17-16-28-27(35)25(36)19(3)5-2)18-20-12-14-21(15-13-20)22-9-7-8-10-23(22)26-29-31-32-30-26/h7-10,12-15,19,25,36H,4-6,11,16-18H2,1-3H3,(H,28,35)(H,29,30,31,32). The molecule has 0 radical (unpaired) electrons. The second-order valence-corrected chi connectivity index (χ2v) is 9.59. The summed E-state index contributed by atoms with van der Waals surface area (Å²) in [6.45, 7) is 7.49. The molecule has 3 rings (SSSR count). The monoisotopic (exact) mass is 508 g/mol. The van der Waals surface area contributed by atoms with E-state index in [1.165, 1.54) is 0 Å². The van der Waals surface area contributed by atoms with E-state index in [-0.39, 0.29) is 23.0 Å². The van der Waals surface area contributed by atoms with E-state index in [4.69, 9.17) is 0 Å². The zero-order valence-electron chi connectivity index (χ0n) is 21.3. The summed E-state index contributed by atoms with van der Waals surface area (Å²) >= 11 is 4.45. The fraction of sp³-hybridized carbons (Fsp3) is 0.444. The van der Waals surface area contributed by atoms with Gasteiger partial charge >= 0.3 is 0 Å². The number of tetrazole rings is 1. The third-order valence-electron chi connectivity index (χ3n) is 6.40. The summed E-state index contributed by atoms with van der Waals surface area (Å²) in [5.74, 6) is 0.821. The number of amides is 2. The molecule has 2 N–H and O–H groups in total. The van der Waals surface area contributed by atoms with Crippen molar-refractivity contribution in [2.45, 2.75) is 58.2 Å². The fourth-order valence-corrected chi connectivity index (χ4v) is 4.21. The van der Waals surface area contributed by atoms with Crippen molar-refractivity contribution in [3.63, 3.8) is 0 Å². The van der Waals surface area contributed by atoms with Crippen LogP contribution in [0.25, 0.3) is 22.5 Å². The van der Waals surface area contributed by atoms with Gasteiger partial charge in [0.2, 0.25) is 11.8 Å². The van der Waals surface area contributed by atoms with Gasteiger partial charge in [-0.15, -0.1) is 5.10 Å². The number of rotatable bonds is 13. The number of hydrogen-bond acceptors (Lipinski definition) is 6. The lowest BCUT2D eigenvalue weighted by Crippen LogP contribution is -2.41. The van der Waals surface area contributed by atoms with Crippen LogP contribution < -0.4 is 5.32 Å². The number of aromatic nitrogens is 4. The highest BCUT2D eigenvalue weighted by Crippen LogP contribution is 2.29. The van der Waals surface area contributed by atoms with Crippen LogP contribution in [-0.4, -0.2) is 55.7 Å². The van der Waals surface area contributed by atoms with E-state index in [0.717, 1.165) is 41.5 Å². The molecule has 0 aliphatic carbocycles. The van der Waals surface area contributed by atoms with E-state index in [9.17, 15) is 9.59 Å². The zero-order chi connectivity index (χ0) is 25.9. The number of aromatic amines is 1. The number of nitrogens with zero attached hydrogens (tertiary/aromatic N) is 4. The SMILES string of the molecule is CCCCC(=O)N(CCNC(=O)C(S)C(C)CC)Cc1ccc(-c2ccccc2-c2nnn[nH]2)cc1. The number of unbranched alkanes of at least 4 members (excludes halogenated alkanes) is 1. The van der Waals surface area contributed by atoms with Gasteiger partial charge in [0, 0.05) is 31.6 Å². The molecule has 0 spiro atoms. The fourth-order valence-electron chi connectivity index (χ4n) is 3.90. The number of nitrogens with one attached hydrogen (secondary N) is 2. The van der Waals surface area contributed by atoms with E-state index in [2.05, 4.69) is 45.5 Å². The second-order valence-electron chi connectivity index (χ2n) is 9.03. The molecule has 0 fully saturated rings. The number of carbonyl (C=O) groups excluding carboxylic acids is 2. The van der Waals surface area contributed by atoms with Crippen LogP contribution in [0.5, 0.6) is 0 Å². The molecule has 192 valence electrons. The third kappa shape index (κ3) is 7.40. The Morgan fingerprint density at radius 2 is 1.81 bits per heavy atom. The summed E-state index contributed by atoms with van der Waals surface area (Å²) in [4.78, 5) is 27.1. The van der Waals surface area contributed by atoms with Gasteiger partial charge in [-0.25, -0.2) is 5.10 Å². The van der Waals surface area contributed by atoms with Crippen LogP contribution in [0.3, 0.4) is 0 Å². The summed E-state index contributed by atoms with van der Waals surface area (Å²) in [5.41, 5.74) is 4.00. The second kappa shape index (κ2) is 13.8. The zero-order valence-corrected chi connectivity index (χ0v) is 22.2. The van der Waals surface area contributed by atoms with Gasteiger partial charge in [0.05, 0.1) is 5.25 Å². The Kier molecular flexibility index (Phi) is 10.5. The molecule has 8 nitrogen and oxygen atoms in total. The molecule has 0 aliphatic rings. The van der Waals surface area contributed by atoms with Crippen molar-refractivity contribution in [2.24, 2.45) is 5.92 Å². The maximum absolute atomic E-state index is 12.9. The minimum atomic E-state index is -0.345. The minimum absolute atomic E-state index is 0.0846. The number of benzene rings is 2. The van der Waals surface area contributed by atoms with Gasteiger partial charge in [0.25, 0.3) is 0 Å². The summed E-state index contributed by atoms with van der Waals surface area (Å²) in [6, 6.07) is 16.1. The van der Waals surface area contributed by atoms with Crippen LogP contribution >= 0.6 is 12.6 Å². The van der Waals surface area contributed by atoms with Crippen LogP contribution in [0.15, 0.2) is 48.5 Å². The molecule has 1 aromatic heterocycles. The Labute approximate surface area is 218 Å². The molecule has 2 atom stereocenters. The largest absolute Gasteiger partial charge is 0.353 e. The van der Waals surface area contributed by atoms with Crippen molar-refractivity contribution in [2.75, 3.05) is 13.1 Å². The highest BCUT2D eigenvalue weighted by Gasteiger charge is 2.20. The van der Waals surface area contributed by atoms with E-state index in [1.807, 2.05) is 67.3 Å². The van der Waals surface area contributed by atoms with Crippen LogP contribution in [0.4, 0.5) is 0 Å². The van der Waals surface area contributed by atoms with Crippen LogP contribution in [0.1, 0.15) is 52.0 Å². The predicted octanol–water partition coefficient (Wildman–Crippen LogP) is 4.51. The quantitative estimate of drug-likeness (QED) is 0.295.